The summed E-state index contributed by atoms with van der Waals surface area (Å²) < 4.78 is 0. The highest BCUT2D eigenvalue weighted by molar-refractivity contribution is 5.70. The van der Waals surface area contributed by atoms with Gasteiger partial charge in [-0.25, -0.2) is 0 Å². The molecule has 0 heterocycles. The quantitative estimate of drug-likeness (QED) is 0.0470. The number of quaternary nitrogens is 1. The Morgan fingerprint density at radius 2 is 0.515 bits per heavy atom. The molecule has 0 spiro atoms. The van der Waals surface area contributed by atoms with Gasteiger partial charge in [-0.15, -0.1) is 0 Å². The van der Waals surface area contributed by atoms with E-state index >= 15 is 0 Å². The fraction of sp³-hybridized carbons (Fsp3) is 0.548. The van der Waals surface area contributed by atoms with Crippen molar-refractivity contribution in [1.29, 1.82) is 0 Å². The summed E-state index contributed by atoms with van der Waals surface area (Å²) >= 11 is 0. The molecule has 4 aromatic carbocycles. The largest absolute Gasteiger partial charge is 0.372 e. The van der Waals surface area contributed by atoms with Crippen LogP contribution in [0.2, 0.25) is 0 Å². The first-order valence-electron chi connectivity index (χ1n) is 27.9. The van der Waals surface area contributed by atoms with Gasteiger partial charge in [0.05, 0.1) is 6.04 Å². The summed E-state index contributed by atoms with van der Waals surface area (Å²) in [5.74, 6) is 0. The second-order valence-corrected chi connectivity index (χ2v) is 19.5. The van der Waals surface area contributed by atoms with Gasteiger partial charge in [0.1, 0.15) is 17.4 Å². The molecule has 68 heavy (non-hydrogen) atoms. The van der Waals surface area contributed by atoms with Gasteiger partial charge in [0.15, 0.2) is 0 Å². The van der Waals surface area contributed by atoms with E-state index < -0.39 is 0 Å². The molecule has 1 aliphatic carbocycles. The first-order valence-corrected chi connectivity index (χ1v) is 27.9. The van der Waals surface area contributed by atoms with Crippen LogP contribution in [0, 0.1) is 0 Å². The molecule has 0 aromatic heterocycles. The zero-order valence-corrected chi connectivity index (χ0v) is 44.4. The molecule has 1 N–H and O–H groups in total. The molecule has 0 fully saturated rings. The molecule has 0 radical (unpaired) electrons. The van der Waals surface area contributed by atoms with E-state index in [-0.39, 0.29) is 12.1 Å². The van der Waals surface area contributed by atoms with Gasteiger partial charge in [-0.1, -0.05) is 119 Å². The Balaban J connectivity index is 1.53. The second kappa shape index (κ2) is 30.7. The highest BCUT2D eigenvalue weighted by Gasteiger charge is 2.28. The Bertz CT molecular complexity index is 1650. The van der Waals surface area contributed by atoms with Gasteiger partial charge >= 0.3 is 0 Å². The van der Waals surface area contributed by atoms with E-state index in [9.17, 15) is 0 Å². The van der Waals surface area contributed by atoms with Crippen LogP contribution >= 0.6 is 0 Å². The Kier molecular flexibility index (Phi) is 24.5. The Hall–Kier alpha value is -4.68. The van der Waals surface area contributed by atoms with Gasteiger partial charge in [-0.3, -0.25) is 4.90 Å². The first kappa shape index (κ1) is 54.3. The smallest absolute Gasteiger partial charge is 0.137 e. The Morgan fingerprint density at radius 1 is 0.294 bits per heavy atom. The van der Waals surface area contributed by atoms with Crippen molar-refractivity contribution in [3.63, 3.8) is 0 Å². The van der Waals surface area contributed by atoms with Gasteiger partial charge in [-0.2, -0.15) is 0 Å². The summed E-state index contributed by atoms with van der Waals surface area (Å²) in [6.45, 7) is 27.3. The van der Waals surface area contributed by atoms with Crippen molar-refractivity contribution in [3.8, 4) is 0 Å². The van der Waals surface area contributed by atoms with Gasteiger partial charge in [0, 0.05) is 111 Å². The summed E-state index contributed by atoms with van der Waals surface area (Å²) in [4.78, 5) is 14.3. The zero-order valence-electron chi connectivity index (χ0n) is 44.4. The van der Waals surface area contributed by atoms with Gasteiger partial charge in [-0.05, 0) is 136 Å². The highest BCUT2D eigenvalue weighted by atomic mass is 15.2. The minimum Gasteiger partial charge on any atom is -0.372 e. The number of unbranched alkanes of at least 4 members (excludes halogenated alkanes) is 8. The lowest BCUT2D eigenvalue weighted by Gasteiger charge is -2.34. The van der Waals surface area contributed by atoms with Gasteiger partial charge < -0.3 is 24.5 Å². The third-order valence-electron chi connectivity index (χ3n) is 14.0. The van der Waals surface area contributed by atoms with Crippen LogP contribution < -0.4 is 29.4 Å². The third kappa shape index (κ3) is 16.2. The molecule has 0 saturated heterocycles. The van der Waals surface area contributed by atoms with Crippen molar-refractivity contribution in [2.75, 3.05) is 76.9 Å². The van der Waals surface area contributed by atoms with Crippen LogP contribution in [0.3, 0.4) is 0 Å². The topological polar surface area (TPSA) is 20.6 Å². The number of nitrogens with one attached hydrogen (secondary N) is 1. The molecule has 372 valence electrons. The maximum Gasteiger partial charge on any atom is 0.137 e. The average Bonchev–Trinajstić information content (AvgIpc) is 3.38. The lowest BCUT2D eigenvalue weighted by Crippen LogP contribution is -3.06. The minimum atomic E-state index is 0.0675. The molecule has 0 aliphatic heterocycles. The molecule has 0 atom stereocenters. The summed E-state index contributed by atoms with van der Waals surface area (Å²) in [6, 6.07) is 38.3. The van der Waals surface area contributed by atoms with E-state index in [1.54, 1.807) is 0 Å². The van der Waals surface area contributed by atoms with Crippen molar-refractivity contribution in [2.24, 2.45) is 0 Å². The molecular formula is C62H95N6+. The number of hydrogen-bond acceptors (Lipinski definition) is 5. The Morgan fingerprint density at radius 3 is 0.750 bits per heavy atom. The summed E-state index contributed by atoms with van der Waals surface area (Å²) in [7, 11) is 0. The van der Waals surface area contributed by atoms with Gasteiger partial charge in [0.2, 0.25) is 0 Å². The summed E-state index contributed by atoms with van der Waals surface area (Å²) in [5.41, 5.74) is 10.4. The molecule has 6 nitrogen and oxygen atoms in total. The van der Waals surface area contributed by atoms with E-state index in [0.29, 0.717) is 0 Å². The van der Waals surface area contributed by atoms with Crippen LogP contribution in [0.5, 0.6) is 0 Å². The normalized spacial score (nSPS) is 14.4. The predicted molar refractivity (Wildman–Crippen MR) is 302 cm³/mol. The van der Waals surface area contributed by atoms with E-state index in [1.807, 2.05) is 0 Å². The molecule has 1 aliphatic rings. The summed E-state index contributed by atoms with van der Waals surface area (Å²) in [5, 5.41) is 0. The van der Waals surface area contributed by atoms with Crippen molar-refractivity contribution >= 4 is 45.5 Å². The van der Waals surface area contributed by atoms with Crippen LogP contribution in [0.4, 0.5) is 45.5 Å². The van der Waals surface area contributed by atoms with Crippen molar-refractivity contribution in [3.05, 3.63) is 121 Å². The molecule has 5 rings (SSSR count). The summed E-state index contributed by atoms with van der Waals surface area (Å²) in [6.07, 6.45) is 29.4. The Labute approximate surface area is 417 Å². The SMILES string of the molecule is CCCCN(CCCC)c1ccc(N(c2ccc(N(CCCC)CCCC)cc2)C2C=CC([NH+](c3ccc(N(CCCC)CCCC)cc3)c3ccc(N(CCCC)CCCC)cc3)C=C2)cc1. The van der Waals surface area contributed by atoms with Crippen molar-refractivity contribution < 1.29 is 4.90 Å². The number of hydrogen-bond donors (Lipinski definition) is 1. The molecule has 0 unspecified atom stereocenters. The lowest BCUT2D eigenvalue weighted by atomic mass is 10.0. The number of benzene rings is 4. The fourth-order valence-corrected chi connectivity index (χ4v) is 9.63. The molecule has 0 amide bonds. The molecule has 4 aromatic rings. The molecular weight excluding hydrogens is 829 g/mol. The molecule has 6 heteroatoms. The zero-order chi connectivity index (χ0) is 48.4. The van der Waals surface area contributed by atoms with Crippen LogP contribution in [0.1, 0.15) is 158 Å². The number of nitrogens with zero attached hydrogens (tertiary/aromatic N) is 5. The third-order valence-corrected chi connectivity index (χ3v) is 14.0. The fourth-order valence-electron chi connectivity index (χ4n) is 9.63. The maximum absolute atomic E-state index is 2.60. The van der Waals surface area contributed by atoms with Crippen molar-refractivity contribution in [2.45, 2.75) is 170 Å². The second-order valence-electron chi connectivity index (χ2n) is 19.5. The lowest BCUT2D eigenvalue weighted by molar-refractivity contribution is -0.774. The van der Waals surface area contributed by atoms with Gasteiger partial charge in [0.25, 0.3) is 0 Å². The average molecular weight is 924 g/mol. The predicted octanol–water partition coefficient (Wildman–Crippen LogP) is 15.9. The van der Waals surface area contributed by atoms with Crippen molar-refractivity contribution in [1.82, 2.24) is 0 Å². The molecule has 0 saturated carbocycles. The monoisotopic (exact) mass is 924 g/mol. The van der Waals surface area contributed by atoms with E-state index in [0.717, 1.165) is 52.4 Å². The maximum atomic E-state index is 2.60. The van der Waals surface area contributed by atoms with E-state index in [1.165, 1.54) is 153 Å². The standard InChI is InChI=1S/C62H94N6/c1-9-17-45-63(46-18-10-2)53-25-33-57(34-26-53)67(58-35-27-54(28-36-58)64(47-19-11-3)48-20-12-4)61-41-43-62(44-42-61)68(59-37-29-55(30-38-59)65(49-21-13-5)50-22-14-6)60-39-31-56(32-40-60)66(51-23-15-7)52-24-16-8/h25-44,61-62H,9-24,45-52H2,1-8H3/p+1. The molecule has 0 bridgehead atoms. The number of anilines is 6. The number of rotatable bonds is 34. The van der Waals surface area contributed by atoms with Crippen LogP contribution in [0.15, 0.2) is 121 Å². The van der Waals surface area contributed by atoms with Crippen LogP contribution in [-0.4, -0.2) is 64.4 Å². The van der Waals surface area contributed by atoms with Crippen LogP contribution in [-0.2, 0) is 0 Å². The van der Waals surface area contributed by atoms with Crippen LogP contribution in [0.25, 0.3) is 0 Å². The van der Waals surface area contributed by atoms with E-state index in [2.05, 4.69) is 201 Å². The highest BCUT2D eigenvalue weighted by Crippen LogP contribution is 2.34. The first-order chi connectivity index (χ1) is 33.4. The van der Waals surface area contributed by atoms with E-state index in [4.69, 9.17) is 0 Å². The minimum absolute atomic E-state index is 0.0675.